The van der Waals surface area contributed by atoms with Crippen molar-refractivity contribution in [3.63, 3.8) is 0 Å². The van der Waals surface area contributed by atoms with Crippen molar-refractivity contribution in [2.75, 3.05) is 0 Å². The Hall–Kier alpha value is -3.43. The highest BCUT2D eigenvalue weighted by atomic mass is 35.5. The van der Waals surface area contributed by atoms with E-state index in [1.54, 1.807) is 11.1 Å². The maximum atomic E-state index is 6.73. The van der Waals surface area contributed by atoms with Gasteiger partial charge in [-0.05, 0) is 107 Å². The SMILES string of the molecule is CC12SC(Cl)=CC1=C1CCCC1=C1C=C(c3ccc(C(=C(c4ccccc4)c4ccccc4)c4ccccc4)cc3)SC12C. The Labute approximate surface area is 274 Å². The van der Waals surface area contributed by atoms with Crippen LogP contribution in [0.5, 0.6) is 0 Å². The molecule has 2 heterocycles. The Morgan fingerprint density at radius 3 is 1.48 bits per heavy atom. The number of halogens is 1. The average molecular weight is 625 g/mol. The summed E-state index contributed by atoms with van der Waals surface area (Å²) in [5, 5.41) is 0. The number of thioether (sulfide) groups is 2. The number of hydrogen-bond acceptors (Lipinski definition) is 2. The molecule has 4 aliphatic rings. The van der Waals surface area contributed by atoms with E-state index in [0.29, 0.717) is 0 Å². The van der Waals surface area contributed by atoms with Gasteiger partial charge in [-0.1, -0.05) is 127 Å². The van der Waals surface area contributed by atoms with E-state index in [0.717, 1.165) is 4.36 Å². The van der Waals surface area contributed by atoms with Crippen molar-refractivity contribution in [1.82, 2.24) is 0 Å². The molecule has 0 saturated heterocycles. The molecular weight excluding hydrogens is 592 g/mol. The summed E-state index contributed by atoms with van der Waals surface area (Å²) in [5.41, 5.74) is 14.7. The zero-order valence-corrected chi connectivity index (χ0v) is 27.3. The van der Waals surface area contributed by atoms with Crippen molar-refractivity contribution < 1.29 is 0 Å². The maximum Gasteiger partial charge on any atom is 0.0747 e. The van der Waals surface area contributed by atoms with Gasteiger partial charge in [0.05, 0.1) is 13.9 Å². The lowest BCUT2D eigenvalue weighted by molar-refractivity contribution is 0.607. The van der Waals surface area contributed by atoms with E-state index in [2.05, 4.69) is 141 Å². The molecule has 2 atom stereocenters. The number of allylic oxidation sites excluding steroid dienone is 4. The van der Waals surface area contributed by atoms with Crippen LogP contribution in [0.1, 0.15) is 60.9 Å². The predicted molar refractivity (Wildman–Crippen MR) is 193 cm³/mol. The van der Waals surface area contributed by atoms with Crippen LogP contribution in [-0.4, -0.2) is 9.49 Å². The largest absolute Gasteiger partial charge is 0.112 e. The van der Waals surface area contributed by atoms with E-state index in [-0.39, 0.29) is 9.49 Å². The molecule has 0 nitrogen and oxygen atoms in total. The Morgan fingerprint density at radius 1 is 0.545 bits per heavy atom. The first-order valence-electron chi connectivity index (χ1n) is 15.4. The highest BCUT2D eigenvalue weighted by molar-refractivity contribution is 8.12. The van der Waals surface area contributed by atoms with Gasteiger partial charge in [-0.15, -0.1) is 23.5 Å². The smallest absolute Gasteiger partial charge is 0.0747 e. The second-order valence-electron chi connectivity index (χ2n) is 12.3. The molecule has 2 aliphatic heterocycles. The fraction of sp³-hybridized carbons (Fsp3) is 0.171. The first-order chi connectivity index (χ1) is 21.5. The minimum absolute atomic E-state index is 0.0553. The van der Waals surface area contributed by atoms with E-state index in [1.807, 2.05) is 23.5 Å². The van der Waals surface area contributed by atoms with Gasteiger partial charge in [0.1, 0.15) is 0 Å². The van der Waals surface area contributed by atoms with Gasteiger partial charge in [0.25, 0.3) is 0 Å². The van der Waals surface area contributed by atoms with Gasteiger partial charge in [-0.2, -0.15) is 0 Å². The van der Waals surface area contributed by atoms with Crippen LogP contribution in [0.4, 0.5) is 0 Å². The van der Waals surface area contributed by atoms with Gasteiger partial charge in [-0.3, -0.25) is 0 Å². The van der Waals surface area contributed by atoms with E-state index in [4.69, 9.17) is 11.6 Å². The van der Waals surface area contributed by atoms with Crippen LogP contribution in [0.2, 0.25) is 0 Å². The van der Waals surface area contributed by atoms with Crippen molar-refractivity contribution in [3.05, 3.63) is 182 Å². The van der Waals surface area contributed by atoms with Crippen molar-refractivity contribution >= 4 is 51.2 Å². The normalized spacial score (nSPS) is 23.6. The summed E-state index contributed by atoms with van der Waals surface area (Å²) < 4.78 is 0.810. The van der Waals surface area contributed by atoms with Gasteiger partial charge in [0, 0.05) is 4.91 Å². The highest BCUT2D eigenvalue weighted by Crippen LogP contribution is 2.69. The van der Waals surface area contributed by atoms with E-state index in [9.17, 15) is 0 Å². The Kier molecular flexibility index (Phi) is 6.94. The molecule has 0 radical (unpaired) electrons. The monoisotopic (exact) mass is 624 g/mol. The molecule has 216 valence electrons. The van der Waals surface area contributed by atoms with Crippen LogP contribution >= 0.6 is 35.1 Å². The fourth-order valence-electron chi connectivity index (χ4n) is 7.57. The van der Waals surface area contributed by atoms with E-state index >= 15 is 0 Å². The zero-order valence-electron chi connectivity index (χ0n) is 24.9. The van der Waals surface area contributed by atoms with Gasteiger partial charge < -0.3 is 0 Å². The lowest BCUT2D eigenvalue weighted by atomic mass is 9.72. The third-order valence-corrected chi connectivity index (χ3v) is 13.3. The molecule has 0 spiro atoms. The molecule has 1 fully saturated rings. The topological polar surface area (TPSA) is 0 Å². The highest BCUT2D eigenvalue weighted by Gasteiger charge is 2.59. The molecule has 8 rings (SSSR count). The molecule has 1 saturated carbocycles. The summed E-state index contributed by atoms with van der Waals surface area (Å²) in [4.78, 5) is 1.36. The Bertz CT molecular complexity index is 1890. The minimum atomic E-state index is -0.0606. The predicted octanol–water partition coefficient (Wildman–Crippen LogP) is 11.9. The van der Waals surface area contributed by atoms with Gasteiger partial charge in [-0.25, -0.2) is 0 Å². The van der Waals surface area contributed by atoms with E-state index in [1.165, 1.54) is 74.3 Å². The molecule has 3 heteroatoms. The molecule has 4 aromatic carbocycles. The van der Waals surface area contributed by atoms with Crippen LogP contribution in [-0.2, 0) is 0 Å². The molecule has 4 aromatic rings. The quantitative estimate of drug-likeness (QED) is 0.203. The summed E-state index contributed by atoms with van der Waals surface area (Å²) in [6.07, 6.45) is 8.34. The summed E-state index contributed by atoms with van der Waals surface area (Å²) in [7, 11) is 0. The summed E-state index contributed by atoms with van der Waals surface area (Å²) in [5.74, 6) is 0. The lowest BCUT2D eigenvalue weighted by Gasteiger charge is -2.46. The van der Waals surface area contributed by atoms with Gasteiger partial charge in [0.2, 0.25) is 0 Å². The van der Waals surface area contributed by atoms with Crippen LogP contribution in [0.3, 0.4) is 0 Å². The lowest BCUT2D eigenvalue weighted by Crippen LogP contribution is -2.47. The average Bonchev–Trinajstić information content (AvgIpc) is 3.77. The summed E-state index contributed by atoms with van der Waals surface area (Å²) >= 11 is 10.6. The second kappa shape index (κ2) is 10.9. The molecule has 0 aromatic heterocycles. The molecule has 0 amide bonds. The number of fused-ring (bicyclic) bond motifs is 4. The summed E-state index contributed by atoms with van der Waals surface area (Å²) in [6, 6.07) is 41.7. The number of benzene rings is 4. The maximum absolute atomic E-state index is 6.73. The van der Waals surface area contributed by atoms with Crippen LogP contribution in [0, 0.1) is 0 Å². The first-order valence-corrected chi connectivity index (χ1v) is 17.4. The molecule has 44 heavy (non-hydrogen) atoms. The Morgan fingerprint density at radius 2 is 0.977 bits per heavy atom. The molecule has 2 unspecified atom stereocenters. The number of hydrogen-bond donors (Lipinski definition) is 0. The minimum Gasteiger partial charge on any atom is -0.112 e. The summed E-state index contributed by atoms with van der Waals surface area (Å²) in [6.45, 7) is 4.87. The molecule has 0 bridgehead atoms. The Balaban J connectivity index is 1.25. The molecule has 0 N–H and O–H groups in total. The molecule has 2 aliphatic carbocycles. The van der Waals surface area contributed by atoms with Gasteiger partial charge >= 0.3 is 0 Å². The second-order valence-corrected chi connectivity index (χ2v) is 15.8. The third kappa shape index (κ3) is 4.37. The van der Waals surface area contributed by atoms with Gasteiger partial charge in [0.15, 0.2) is 0 Å². The van der Waals surface area contributed by atoms with Crippen LogP contribution in [0.25, 0.3) is 16.1 Å². The van der Waals surface area contributed by atoms with Crippen LogP contribution < -0.4 is 0 Å². The van der Waals surface area contributed by atoms with Crippen LogP contribution in [0.15, 0.2) is 154 Å². The molecular formula is C41H33ClS2. The van der Waals surface area contributed by atoms with Crippen molar-refractivity contribution in [2.24, 2.45) is 0 Å². The van der Waals surface area contributed by atoms with Crippen molar-refractivity contribution in [2.45, 2.75) is 42.6 Å². The first kappa shape index (κ1) is 28.1. The fourth-order valence-corrected chi connectivity index (χ4v) is 11.0. The third-order valence-electron chi connectivity index (χ3n) is 9.85. The zero-order chi connectivity index (χ0) is 29.9. The standard InChI is InChI=1S/C41H33ClS2/c1-40-34(32-19-12-20-33(32)35-26-37(42)44-41(35,40)2)25-36(43-40)27-21-23-31(24-22-27)39(30-17-10-5-11-18-30)38(28-13-6-3-7-14-28)29-15-8-4-9-16-29/h3-11,13-18,21-26H,12,19-20H2,1-2H3. The van der Waals surface area contributed by atoms with E-state index < -0.39 is 0 Å². The number of rotatable bonds is 5. The van der Waals surface area contributed by atoms with Crippen molar-refractivity contribution in [3.8, 4) is 0 Å². The van der Waals surface area contributed by atoms with Crippen molar-refractivity contribution in [1.29, 1.82) is 0 Å².